The number of methoxy groups -OCH3 is 1. The highest BCUT2D eigenvalue weighted by Crippen LogP contribution is 2.31. The second kappa shape index (κ2) is 6.09. The van der Waals surface area contributed by atoms with E-state index >= 15 is 0 Å². The first-order valence-corrected chi connectivity index (χ1v) is 7.11. The van der Waals surface area contributed by atoms with E-state index in [9.17, 15) is 4.79 Å². The van der Waals surface area contributed by atoms with E-state index in [1.165, 1.54) is 38.4 Å². The smallest absolute Gasteiger partial charge is 0.337 e. The average molecular weight is 261 g/mol. The second-order valence-electron chi connectivity index (χ2n) is 5.37. The zero-order chi connectivity index (χ0) is 13.8. The van der Waals surface area contributed by atoms with Crippen LogP contribution in [-0.4, -0.2) is 19.1 Å². The highest BCUT2D eigenvalue weighted by Gasteiger charge is 2.25. The van der Waals surface area contributed by atoms with Crippen LogP contribution >= 0.6 is 0 Å². The van der Waals surface area contributed by atoms with Crippen LogP contribution in [0.25, 0.3) is 0 Å². The second-order valence-corrected chi connectivity index (χ2v) is 5.37. The Labute approximate surface area is 115 Å². The van der Waals surface area contributed by atoms with E-state index in [4.69, 9.17) is 4.74 Å². The van der Waals surface area contributed by atoms with Crippen LogP contribution in [0.4, 0.5) is 5.69 Å². The fourth-order valence-corrected chi connectivity index (χ4v) is 2.94. The van der Waals surface area contributed by atoms with Gasteiger partial charge in [-0.3, -0.25) is 0 Å². The lowest BCUT2D eigenvalue weighted by Crippen LogP contribution is -2.24. The summed E-state index contributed by atoms with van der Waals surface area (Å²) in [7, 11) is 1.42. The third kappa shape index (κ3) is 3.09. The number of nitrogens with one attached hydrogen (secondary N) is 1. The van der Waals surface area contributed by atoms with Crippen LogP contribution in [0.15, 0.2) is 18.2 Å². The van der Waals surface area contributed by atoms with Crippen LogP contribution in [0.1, 0.15) is 48.5 Å². The van der Waals surface area contributed by atoms with Gasteiger partial charge in [-0.1, -0.05) is 25.8 Å². The number of anilines is 1. The summed E-state index contributed by atoms with van der Waals surface area (Å²) < 4.78 is 4.78. The molecule has 104 valence electrons. The molecule has 1 aromatic carbocycles. The molecular weight excluding hydrogens is 238 g/mol. The summed E-state index contributed by atoms with van der Waals surface area (Å²) in [4.78, 5) is 11.6. The van der Waals surface area contributed by atoms with Gasteiger partial charge in [0.1, 0.15) is 0 Å². The number of hydrogen-bond donors (Lipinski definition) is 1. The summed E-state index contributed by atoms with van der Waals surface area (Å²) in [5.41, 5.74) is 2.85. The van der Waals surface area contributed by atoms with Gasteiger partial charge < -0.3 is 10.1 Å². The normalized spacial score (nSPS) is 22.3. The van der Waals surface area contributed by atoms with Gasteiger partial charge in [-0.15, -0.1) is 0 Å². The topological polar surface area (TPSA) is 38.3 Å². The Bertz CT molecular complexity index is 456. The zero-order valence-electron chi connectivity index (χ0n) is 12.0. The van der Waals surface area contributed by atoms with Crippen molar-refractivity contribution < 1.29 is 9.53 Å². The van der Waals surface area contributed by atoms with Crippen LogP contribution in [0.5, 0.6) is 0 Å². The average Bonchev–Trinajstić information content (AvgIpc) is 2.87. The van der Waals surface area contributed by atoms with E-state index in [2.05, 4.69) is 19.2 Å². The number of hydrogen-bond acceptors (Lipinski definition) is 3. The fourth-order valence-electron chi connectivity index (χ4n) is 2.94. The highest BCUT2D eigenvalue weighted by molar-refractivity contribution is 5.90. The molecule has 2 rings (SSSR count). The van der Waals surface area contributed by atoms with Crippen molar-refractivity contribution >= 4 is 11.7 Å². The molecule has 0 aromatic heterocycles. The molecule has 19 heavy (non-hydrogen) atoms. The van der Waals surface area contributed by atoms with Crippen molar-refractivity contribution in [2.75, 3.05) is 12.4 Å². The molecule has 1 N–H and O–H groups in total. The van der Waals surface area contributed by atoms with Gasteiger partial charge in [-0.05, 0) is 43.4 Å². The van der Waals surface area contributed by atoms with Gasteiger partial charge in [0.15, 0.2) is 0 Å². The van der Waals surface area contributed by atoms with Crippen molar-refractivity contribution in [2.45, 2.75) is 45.6 Å². The van der Waals surface area contributed by atoms with Crippen LogP contribution < -0.4 is 5.32 Å². The van der Waals surface area contributed by atoms with Gasteiger partial charge in [-0.25, -0.2) is 4.79 Å². The number of ether oxygens (including phenoxy) is 1. The molecule has 0 bridgehead atoms. The third-order valence-corrected chi connectivity index (χ3v) is 4.18. The Morgan fingerprint density at radius 3 is 2.89 bits per heavy atom. The first-order chi connectivity index (χ1) is 9.15. The van der Waals surface area contributed by atoms with Gasteiger partial charge in [0.25, 0.3) is 0 Å². The molecule has 1 aliphatic rings. The van der Waals surface area contributed by atoms with Crippen LogP contribution in [0, 0.1) is 12.8 Å². The van der Waals surface area contributed by atoms with Crippen molar-refractivity contribution in [3.63, 3.8) is 0 Å². The summed E-state index contributed by atoms with van der Waals surface area (Å²) in [5, 5.41) is 3.62. The molecule has 2 atom stereocenters. The minimum absolute atomic E-state index is 0.276. The maximum absolute atomic E-state index is 11.6. The molecule has 2 unspecified atom stereocenters. The first kappa shape index (κ1) is 13.9. The van der Waals surface area contributed by atoms with Crippen LogP contribution in [0.3, 0.4) is 0 Å². The first-order valence-electron chi connectivity index (χ1n) is 7.11. The Morgan fingerprint density at radius 1 is 1.42 bits per heavy atom. The summed E-state index contributed by atoms with van der Waals surface area (Å²) in [6.07, 6.45) is 5.05. The Balaban J connectivity index is 2.17. The molecule has 1 saturated carbocycles. The summed E-state index contributed by atoms with van der Waals surface area (Å²) >= 11 is 0. The third-order valence-electron chi connectivity index (χ3n) is 4.18. The Hall–Kier alpha value is -1.51. The lowest BCUT2D eigenvalue weighted by atomic mass is 9.99. The predicted octanol–water partition coefficient (Wildman–Crippen LogP) is 3.77. The van der Waals surface area contributed by atoms with Gasteiger partial charge in [0.2, 0.25) is 0 Å². The molecule has 3 nitrogen and oxygen atoms in total. The van der Waals surface area contributed by atoms with Crippen molar-refractivity contribution in [3.8, 4) is 0 Å². The van der Waals surface area contributed by atoms with Crippen molar-refractivity contribution in [1.82, 2.24) is 0 Å². The lowest BCUT2D eigenvalue weighted by molar-refractivity contribution is 0.0601. The fraction of sp³-hybridized carbons (Fsp3) is 0.562. The predicted molar refractivity (Wildman–Crippen MR) is 77.6 cm³/mol. The van der Waals surface area contributed by atoms with E-state index in [1.807, 2.05) is 18.2 Å². The SMILES string of the molecule is CCC1CCCC1Nc1cc(C(=O)OC)ccc1C. The maximum Gasteiger partial charge on any atom is 0.337 e. The lowest BCUT2D eigenvalue weighted by Gasteiger charge is -2.22. The molecule has 1 fully saturated rings. The number of benzene rings is 1. The minimum Gasteiger partial charge on any atom is -0.465 e. The number of carbonyl (C=O) groups excluding carboxylic acids is 1. The van der Waals surface area contributed by atoms with Gasteiger partial charge in [0, 0.05) is 11.7 Å². The largest absolute Gasteiger partial charge is 0.465 e. The molecule has 0 spiro atoms. The molecular formula is C16H23NO2. The highest BCUT2D eigenvalue weighted by atomic mass is 16.5. The minimum atomic E-state index is -0.276. The van der Waals surface area contributed by atoms with Crippen molar-refractivity contribution in [1.29, 1.82) is 0 Å². The summed E-state index contributed by atoms with van der Waals surface area (Å²) in [6, 6.07) is 6.24. The zero-order valence-corrected chi connectivity index (χ0v) is 12.0. The molecule has 1 aliphatic carbocycles. The number of aryl methyl sites for hydroxylation is 1. The van der Waals surface area contributed by atoms with E-state index in [1.54, 1.807) is 0 Å². The van der Waals surface area contributed by atoms with E-state index in [-0.39, 0.29) is 5.97 Å². The Kier molecular flexibility index (Phi) is 4.46. The summed E-state index contributed by atoms with van der Waals surface area (Å²) in [6.45, 7) is 4.32. The quantitative estimate of drug-likeness (QED) is 0.838. The van der Waals surface area contributed by atoms with Gasteiger partial charge in [0.05, 0.1) is 12.7 Å². The molecule has 0 saturated heterocycles. The van der Waals surface area contributed by atoms with Crippen LogP contribution in [0.2, 0.25) is 0 Å². The van der Waals surface area contributed by atoms with E-state index in [0.717, 1.165) is 11.6 Å². The maximum atomic E-state index is 11.6. The molecule has 0 aliphatic heterocycles. The van der Waals surface area contributed by atoms with Gasteiger partial charge >= 0.3 is 5.97 Å². The molecule has 0 amide bonds. The number of carbonyl (C=O) groups is 1. The molecule has 1 aromatic rings. The van der Waals surface area contributed by atoms with Crippen molar-refractivity contribution in [3.05, 3.63) is 29.3 Å². The number of rotatable bonds is 4. The molecule has 0 radical (unpaired) electrons. The van der Waals surface area contributed by atoms with Crippen LogP contribution in [-0.2, 0) is 4.74 Å². The van der Waals surface area contributed by atoms with E-state index in [0.29, 0.717) is 11.6 Å². The van der Waals surface area contributed by atoms with E-state index < -0.39 is 0 Å². The Morgan fingerprint density at radius 2 is 2.21 bits per heavy atom. The summed E-state index contributed by atoms with van der Waals surface area (Å²) in [5.74, 6) is 0.475. The molecule has 0 heterocycles. The van der Waals surface area contributed by atoms with Crippen molar-refractivity contribution in [2.24, 2.45) is 5.92 Å². The monoisotopic (exact) mass is 261 g/mol. The molecule has 3 heteroatoms. The number of esters is 1. The standard InChI is InChI=1S/C16H23NO2/c1-4-12-6-5-7-14(12)17-15-10-13(16(18)19-3)9-8-11(15)2/h8-10,12,14,17H,4-7H2,1-3H3. The van der Waals surface area contributed by atoms with Gasteiger partial charge in [-0.2, -0.15) is 0 Å².